The number of fused-ring (bicyclic) bond motifs is 1. The zero-order valence-electron chi connectivity index (χ0n) is 23.3. The molecule has 1 aromatic heterocycles. The first kappa shape index (κ1) is 31.7. The van der Waals surface area contributed by atoms with Gasteiger partial charge in [-0.2, -0.15) is 0 Å². The number of nitrogens with one attached hydrogen (secondary N) is 1. The van der Waals surface area contributed by atoms with E-state index < -0.39 is 53.3 Å². The van der Waals surface area contributed by atoms with E-state index in [0.29, 0.717) is 0 Å². The minimum atomic E-state index is -1.27. The summed E-state index contributed by atoms with van der Waals surface area (Å²) in [5.41, 5.74) is 4.92. The molecule has 0 spiro atoms. The lowest BCUT2D eigenvalue weighted by molar-refractivity contribution is -0.185. The standard InChI is InChI=1S/C24H32N6O9S2/c1-11(38-14(31)7-24(2,3)4)39-21(34)17-12(8-37-23(35)29(5)6)9-40-20-16(19(33)30(17)20)27-18(32)15(28-36)13-10-41-22(25)26-13/h10-11,16,20,36H,7-9H2,1-6H3,(H2,25,26)(H,27,32)/b28-15-/t11?,16?,20-/m0/s1. The van der Waals surface area contributed by atoms with E-state index in [1.54, 1.807) is 0 Å². The summed E-state index contributed by atoms with van der Waals surface area (Å²) in [6.45, 7) is 6.60. The molecule has 1 aromatic rings. The van der Waals surface area contributed by atoms with Crippen LogP contribution in [0.25, 0.3) is 0 Å². The van der Waals surface area contributed by atoms with E-state index in [1.807, 2.05) is 20.8 Å². The fraction of sp³-hybridized carbons (Fsp3) is 0.542. The van der Waals surface area contributed by atoms with Gasteiger partial charge in [-0.25, -0.2) is 14.6 Å². The minimum absolute atomic E-state index is 0.0246. The van der Waals surface area contributed by atoms with E-state index in [1.165, 1.54) is 43.1 Å². The summed E-state index contributed by atoms with van der Waals surface area (Å²) < 4.78 is 15.8. The van der Waals surface area contributed by atoms with Gasteiger partial charge in [0, 0.05) is 37.7 Å². The molecule has 3 atom stereocenters. The van der Waals surface area contributed by atoms with Crippen LogP contribution in [0, 0.1) is 5.41 Å². The normalized spacial score (nSPS) is 19.5. The van der Waals surface area contributed by atoms with Gasteiger partial charge in [0.2, 0.25) is 6.29 Å². The van der Waals surface area contributed by atoms with Crippen molar-refractivity contribution in [2.75, 3.05) is 32.2 Å². The van der Waals surface area contributed by atoms with E-state index in [0.717, 1.165) is 16.2 Å². The number of hydrogen-bond acceptors (Lipinski definition) is 14. The number of anilines is 1. The number of β-lactam (4-membered cyclic amide) rings is 1. The Hall–Kier alpha value is -3.86. The van der Waals surface area contributed by atoms with Gasteiger partial charge < -0.3 is 35.4 Å². The highest BCUT2D eigenvalue weighted by Gasteiger charge is 2.55. The number of esters is 2. The number of carbonyl (C=O) groups is 5. The van der Waals surface area contributed by atoms with Crippen molar-refractivity contribution in [2.24, 2.45) is 10.6 Å². The number of amides is 3. The number of nitrogens with zero attached hydrogens (tertiary/aromatic N) is 4. The van der Waals surface area contributed by atoms with Crippen molar-refractivity contribution in [3.63, 3.8) is 0 Å². The Bertz CT molecular complexity index is 1290. The molecule has 2 unspecified atom stereocenters. The predicted molar refractivity (Wildman–Crippen MR) is 148 cm³/mol. The van der Waals surface area contributed by atoms with Crippen molar-refractivity contribution in [1.82, 2.24) is 20.1 Å². The van der Waals surface area contributed by atoms with E-state index in [2.05, 4.69) is 15.5 Å². The lowest BCUT2D eigenvalue weighted by Crippen LogP contribution is -2.71. The summed E-state index contributed by atoms with van der Waals surface area (Å²) in [4.78, 5) is 69.8. The fourth-order valence-corrected chi connectivity index (χ4v) is 5.65. The quantitative estimate of drug-likeness (QED) is 0.0897. The van der Waals surface area contributed by atoms with Crippen molar-refractivity contribution in [3.05, 3.63) is 22.3 Å². The Morgan fingerprint density at radius 2 is 1.98 bits per heavy atom. The van der Waals surface area contributed by atoms with Crippen LogP contribution in [0.15, 0.2) is 21.8 Å². The minimum Gasteiger partial charge on any atom is -0.445 e. The molecule has 4 N–H and O–H groups in total. The van der Waals surface area contributed by atoms with Gasteiger partial charge in [-0.15, -0.1) is 23.1 Å². The molecule has 2 aliphatic heterocycles. The maximum absolute atomic E-state index is 13.3. The maximum Gasteiger partial charge on any atom is 0.409 e. The summed E-state index contributed by atoms with van der Waals surface area (Å²) in [5.74, 6) is -2.94. The SMILES string of the molecule is CC(OC(=O)CC(C)(C)C)OC(=O)C1=C(COC(=O)N(C)C)CS[C@H]2C(NC(=O)/C(=N\O)c3csc(N)n3)C(=O)N12. The van der Waals surface area contributed by atoms with Gasteiger partial charge in [-0.1, -0.05) is 25.9 Å². The molecule has 17 heteroatoms. The van der Waals surface area contributed by atoms with Crippen LogP contribution in [0.3, 0.4) is 0 Å². The Labute approximate surface area is 244 Å². The lowest BCUT2D eigenvalue weighted by atomic mass is 9.92. The molecular weight excluding hydrogens is 580 g/mol. The summed E-state index contributed by atoms with van der Waals surface area (Å²) in [6.07, 6.45) is -1.86. The van der Waals surface area contributed by atoms with Gasteiger partial charge in [0.1, 0.15) is 29.4 Å². The molecule has 1 fully saturated rings. The third-order valence-electron chi connectivity index (χ3n) is 5.59. The van der Waals surface area contributed by atoms with Crippen LogP contribution in [-0.2, 0) is 33.4 Å². The third-order valence-corrected chi connectivity index (χ3v) is 7.60. The van der Waals surface area contributed by atoms with Crippen LogP contribution in [0.2, 0.25) is 0 Å². The Morgan fingerprint density at radius 1 is 1.29 bits per heavy atom. The highest BCUT2D eigenvalue weighted by atomic mass is 32.2. The molecule has 0 aromatic carbocycles. The number of rotatable bonds is 9. The number of thioether (sulfide) groups is 1. The second kappa shape index (κ2) is 12.8. The molecule has 0 aliphatic carbocycles. The average Bonchev–Trinajstić information content (AvgIpc) is 3.29. The zero-order chi connectivity index (χ0) is 30.6. The van der Waals surface area contributed by atoms with Crippen LogP contribution in [0.5, 0.6) is 0 Å². The number of nitrogens with two attached hydrogens (primary N) is 1. The highest BCUT2D eigenvalue weighted by Crippen LogP contribution is 2.41. The van der Waals surface area contributed by atoms with Gasteiger partial charge in [-0.05, 0) is 5.41 Å². The Kier molecular flexibility index (Phi) is 9.85. The van der Waals surface area contributed by atoms with Crippen LogP contribution in [0.1, 0.15) is 39.8 Å². The average molecular weight is 613 g/mol. The van der Waals surface area contributed by atoms with Crippen molar-refractivity contribution in [1.29, 1.82) is 0 Å². The van der Waals surface area contributed by atoms with Crippen molar-refractivity contribution in [3.8, 4) is 0 Å². The molecule has 15 nitrogen and oxygen atoms in total. The number of nitrogen functional groups attached to an aromatic ring is 1. The summed E-state index contributed by atoms with van der Waals surface area (Å²) in [6, 6.07) is -1.09. The number of hydrogen-bond donors (Lipinski definition) is 3. The zero-order valence-corrected chi connectivity index (χ0v) is 25.0. The van der Waals surface area contributed by atoms with E-state index >= 15 is 0 Å². The molecule has 2 aliphatic rings. The van der Waals surface area contributed by atoms with E-state index in [9.17, 15) is 29.2 Å². The van der Waals surface area contributed by atoms with E-state index in [4.69, 9.17) is 19.9 Å². The Balaban J connectivity index is 1.79. The van der Waals surface area contributed by atoms with Gasteiger partial charge in [0.15, 0.2) is 10.8 Å². The first-order valence-electron chi connectivity index (χ1n) is 12.3. The lowest BCUT2D eigenvalue weighted by Gasteiger charge is -2.49. The maximum atomic E-state index is 13.3. The van der Waals surface area contributed by atoms with Gasteiger partial charge in [0.25, 0.3) is 11.8 Å². The fourth-order valence-electron chi connectivity index (χ4n) is 3.77. The largest absolute Gasteiger partial charge is 0.445 e. The van der Waals surface area contributed by atoms with Gasteiger partial charge in [-0.3, -0.25) is 19.3 Å². The molecule has 0 bridgehead atoms. The van der Waals surface area contributed by atoms with E-state index in [-0.39, 0.29) is 46.3 Å². The smallest absolute Gasteiger partial charge is 0.409 e. The number of thiazole rings is 1. The number of aromatic nitrogens is 1. The highest BCUT2D eigenvalue weighted by molar-refractivity contribution is 8.00. The second-order valence-electron chi connectivity index (χ2n) is 10.5. The first-order chi connectivity index (χ1) is 19.1. The van der Waals surface area contributed by atoms with Crippen molar-refractivity contribution >= 4 is 63.8 Å². The molecule has 224 valence electrons. The summed E-state index contributed by atoms with van der Waals surface area (Å²) in [7, 11) is 2.97. The number of ether oxygens (including phenoxy) is 3. The first-order valence-corrected chi connectivity index (χ1v) is 14.2. The second-order valence-corrected chi connectivity index (χ2v) is 12.5. The number of oxime groups is 1. The van der Waals surface area contributed by atoms with Crippen molar-refractivity contribution in [2.45, 2.75) is 51.8 Å². The number of carbonyl (C=O) groups excluding carboxylic acids is 5. The third kappa shape index (κ3) is 7.66. The molecule has 3 rings (SSSR count). The predicted octanol–water partition coefficient (Wildman–Crippen LogP) is 1.12. The Morgan fingerprint density at radius 3 is 2.54 bits per heavy atom. The van der Waals surface area contributed by atoms with Gasteiger partial charge in [0.05, 0.1) is 6.42 Å². The van der Waals surface area contributed by atoms with Crippen molar-refractivity contribution < 1.29 is 43.4 Å². The van der Waals surface area contributed by atoms with Crippen LogP contribution in [-0.4, -0.2) is 99.7 Å². The summed E-state index contributed by atoms with van der Waals surface area (Å²) in [5, 5.41) is 15.7. The molecule has 0 radical (unpaired) electrons. The topological polar surface area (TPSA) is 203 Å². The van der Waals surface area contributed by atoms with Crippen LogP contribution in [0.4, 0.5) is 9.93 Å². The van der Waals surface area contributed by atoms with Crippen LogP contribution < -0.4 is 11.1 Å². The molecule has 3 heterocycles. The monoisotopic (exact) mass is 612 g/mol. The molecule has 41 heavy (non-hydrogen) atoms. The summed E-state index contributed by atoms with van der Waals surface area (Å²) >= 11 is 2.24. The van der Waals surface area contributed by atoms with Gasteiger partial charge >= 0.3 is 18.0 Å². The molecule has 3 amide bonds. The van der Waals surface area contributed by atoms with Crippen LogP contribution >= 0.6 is 23.1 Å². The molecule has 1 saturated heterocycles. The molecule has 0 saturated carbocycles. The molecular formula is C24H32N6O9S2.